The van der Waals surface area contributed by atoms with Crippen molar-refractivity contribution in [3.05, 3.63) is 23.8 Å². The van der Waals surface area contributed by atoms with Gasteiger partial charge in [-0.25, -0.2) is 4.99 Å². The van der Waals surface area contributed by atoms with Crippen LogP contribution in [0, 0.1) is 0 Å². The highest BCUT2D eigenvalue weighted by molar-refractivity contribution is 5.79. The van der Waals surface area contributed by atoms with Crippen molar-refractivity contribution in [1.29, 1.82) is 0 Å². The summed E-state index contributed by atoms with van der Waals surface area (Å²) in [5.41, 5.74) is 1.08. The number of nitrogens with one attached hydrogen (secondary N) is 2. The summed E-state index contributed by atoms with van der Waals surface area (Å²) in [5, 5.41) is 6.62. The van der Waals surface area contributed by atoms with E-state index in [0.717, 1.165) is 62.2 Å². The van der Waals surface area contributed by atoms with Crippen LogP contribution in [0.4, 0.5) is 0 Å². The van der Waals surface area contributed by atoms with Gasteiger partial charge in [-0.3, -0.25) is 0 Å². The van der Waals surface area contributed by atoms with Gasteiger partial charge in [0.25, 0.3) is 0 Å². The summed E-state index contributed by atoms with van der Waals surface area (Å²) >= 11 is 0. The Kier molecular flexibility index (Phi) is 11.3. The Balaban J connectivity index is 2.55. The Morgan fingerprint density at radius 2 is 1.88 bits per heavy atom. The van der Waals surface area contributed by atoms with Crippen LogP contribution >= 0.6 is 0 Å². The molecule has 0 saturated heterocycles. The first kappa shape index (κ1) is 21.1. The van der Waals surface area contributed by atoms with Crippen LogP contribution in [-0.2, 0) is 11.3 Å². The molecule has 0 amide bonds. The average Bonchev–Trinajstić information content (AvgIpc) is 2.63. The van der Waals surface area contributed by atoms with Crippen LogP contribution in [0.3, 0.4) is 0 Å². The molecule has 0 radical (unpaired) electrons. The van der Waals surface area contributed by atoms with Gasteiger partial charge in [0.1, 0.15) is 0 Å². The molecule has 0 saturated carbocycles. The third-order valence-corrected chi connectivity index (χ3v) is 3.50. The van der Waals surface area contributed by atoms with Crippen molar-refractivity contribution in [3.63, 3.8) is 0 Å². The number of ether oxygens (including phenoxy) is 3. The number of benzene rings is 1. The van der Waals surface area contributed by atoms with Gasteiger partial charge in [0.15, 0.2) is 17.5 Å². The minimum Gasteiger partial charge on any atom is -0.493 e. The lowest BCUT2D eigenvalue weighted by atomic mass is 10.2. The molecule has 142 valence electrons. The Morgan fingerprint density at radius 1 is 1.04 bits per heavy atom. The van der Waals surface area contributed by atoms with Crippen molar-refractivity contribution in [2.24, 2.45) is 4.99 Å². The van der Waals surface area contributed by atoms with Gasteiger partial charge in [-0.05, 0) is 51.3 Å². The second-order valence-electron chi connectivity index (χ2n) is 5.44. The fourth-order valence-corrected chi connectivity index (χ4v) is 2.28. The molecule has 2 N–H and O–H groups in total. The lowest BCUT2D eigenvalue weighted by Crippen LogP contribution is -2.37. The van der Waals surface area contributed by atoms with Crippen LogP contribution in [0.1, 0.15) is 39.2 Å². The lowest BCUT2D eigenvalue weighted by molar-refractivity contribution is 0.143. The maximum absolute atomic E-state index is 5.54. The van der Waals surface area contributed by atoms with Gasteiger partial charge >= 0.3 is 0 Å². The summed E-state index contributed by atoms with van der Waals surface area (Å²) < 4.78 is 16.3. The van der Waals surface area contributed by atoms with Gasteiger partial charge in [0.05, 0.1) is 20.3 Å². The van der Waals surface area contributed by atoms with E-state index in [1.807, 2.05) is 32.0 Å². The van der Waals surface area contributed by atoms with E-state index in [1.54, 1.807) is 7.11 Å². The highest BCUT2D eigenvalue weighted by atomic mass is 16.5. The minimum atomic E-state index is 0.580. The molecule has 6 nitrogen and oxygen atoms in total. The first-order valence-corrected chi connectivity index (χ1v) is 9.14. The normalized spacial score (nSPS) is 11.3. The van der Waals surface area contributed by atoms with E-state index in [2.05, 4.69) is 22.5 Å². The SMILES string of the molecule is CCNC(=NCc1ccc(OCC)c(OC)c1)NCCCCOCC. The molecule has 1 aromatic rings. The zero-order chi connectivity index (χ0) is 18.3. The van der Waals surface area contributed by atoms with Crippen molar-refractivity contribution in [2.45, 2.75) is 40.2 Å². The zero-order valence-electron chi connectivity index (χ0n) is 16.1. The summed E-state index contributed by atoms with van der Waals surface area (Å²) in [6.45, 7) is 10.5. The largest absolute Gasteiger partial charge is 0.493 e. The molecule has 25 heavy (non-hydrogen) atoms. The number of aliphatic imine (C=N–C) groups is 1. The van der Waals surface area contributed by atoms with Crippen LogP contribution in [0.5, 0.6) is 11.5 Å². The average molecular weight is 351 g/mol. The van der Waals surface area contributed by atoms with Crippen LogP contribution in [0.25, 0.3) is 0 Å². The van der Waals surface area contributed by atoms with Crippen molar-refractivity contribution in [2.75, 3.05) is 40.0 Å². The zero-order valence-corrected chi connectivity index (χ0v) is 16.1. The predicted octanol–water partition coefficient (Wildman–Crippen LogP) is 2.97. The summed E-state index contributed by atoms with van der Waals surface area (Å²) in [6, 6.07) is 5.92. The Labute approximate surface area is 152 Å². The third kappa shape index (κ3) is 8.63. The van der Waals surface area contributed by atoms with Crippen LogP contribution in [0.15, 0.2) is 23.2 Å². The number of hydrogen-bond acceptors (Lipinski definition) is 4. The summed E-state index contributed by atoms with van der Waals surface area (Å²) in [4.78, 5) is 4.64. The Hall–Kier alpha value is -1.95. The minimum absolute atomic E-state index is 0.580. The van der Waals surface area contributed by atoms with E-state index >= 15 is 0 Å². The smallest absolute Gasteiger partial charge is 0.191 e. The van der Waals surface area contributed by atoms with Crippen molar-refractivity contribution in [1.82, 2.24) is 10.6 Å². The van der Waals surface area contributed by atoms with Gasteiger partial charge in [-0.15, -0.1) is 0 Å². The monoisotopic (exact) mass is 351 g/mol. The molecule has 1 aromatic carbocycles. The molecule has 0 aliphatic carbocycles. The van der Waals surface area contributed by atoms with Crippen molar-refractivity contribution in [3.8, 4) is 11.5 Å². The predicted molar refractivity (Wildman–Crippen MR) is 103 cm³/mol. The standard InChI is InChI=1S/C19H33N3O3/c1-5-20-19(21-12-8-9-13-24-6-2)22-15-16-10-11-17(25-7-3)18(14-16)23-4/h10-11,14H,5-9,12-13,15H2,1-4H3,(H2,20,21,22). The first-order chi connectivity index (χ1) is 12.2. The quantitative estimate of drug-likeness (QED) is 0.344. The molecule has 1 rings (SSSR count). The molecule has 0 heterocycles. The van der Waals surface area contributed by atoms with Gasteiger partial charge in [-0.1, -0.05) is 6.07 Å². The van der Waals surface area contributed by atoms with Crippen LogP contribution in [0.2, 0.25) is 0 Å². The topological polar surface area (TPSA) is 64.1 Å². The van der Waals surface area contributed by atoms with Gasteiger partial charge in [0, 0.05) is 26.3 Å². The van der Waals surface area contributed by atoms with Crippen LogP contribution < -0.4 is 20.1 Å². The number of rotatable bonds is 12. The maximum atomic E-state index is 5.54. The lowest BCUT2D eigenvalue weighted by Gasteiger charge is -2.12. The molecular formula is C19H33N3O3. The molecule has 0 aliphatic heterocycles. The summed E-state index contributed by atoms with van der Waals surface area (Å²) in [7, 11) is 1.65. The van der Waals surface area contributed by atoms with E-state index < -0.39 is 0 Å². The summed E-state index contributed by atoms with van der Waals surface area (Å²) in [6.07, 6.45) is 2.11. The Bertz CT molecular complexity index is 507. The molecule has 0 fully saturated rings. The molecule has 0 atom stereocenters. The first-order valence-electron chi connectivity index (χ1n) is 9.14. The molecular weight excluding hydrogens is 318 g/mol. The second kappa shape index (κ2) is 13.4. The molecule has 0 aliphatic rings. The van der Waals surface area contributed by atoms with Crippen molar-refractivity contribution >= 4 is 5.96 Å². The highest BCUT2D eigenvalue weighted by Gasteiger charge is 2.05. The molecule has 0 bridgehead atoms. The van der Waals surface area contributed by atoms with E-state index in [1.165, 1.54) is 0 Å². The number of guanidine groups is 1. The molecule has 0 spiro atoms. The maximum Gasteiger partial charge on any atom is 0.191 e. The van der Waals surface area contributed by atoms with E-state index in [0.29, 0.717) is 13.2 Å². The van der Waals surface area contributed by atoms with E-state index in [-0.39, 0.29) is 0 Å². The van der Waals surface area contributed by atoms with Gasteiger partial charge < -0.3 is 24.8 Å². The van der Waals surface area contributed by atoms with Gasteiger partial charge in [-0.2, -0.15) is 0 Å². The molecule has 6 heteroatoms. The Morgan fingerprint density at radius 3 is 2.56 bits per heavy atom. The fourth-order valence-electron chi connectivity index (χ4n) is 2.28. The number of unbranched alkanes of at least 4 members (excludes halogenated alkanes) is 1. The third-order valence-electron chi connectivity index (χ3n) is 3.50. The van der Waals surface area contributed by atoms with Gasteiger partial charge in [0.2, 0.25) is 0 Å². The fraction of sp³-hybridized carbons (Fsp3) is 0.632. The number of hydrogen-bond donors (Lipinski definition) is 2. The number of nitrogens with zero attached hydrogens (tertiary/aromatic N) is 1. The van der Waals surface area contributed by atoms with E-state index in [4.69, 9.17) is 14.2 Å². The second-order valence-corrected chi connectivity index (χ2v) is 5.44. The number of methoxy groups -OCH3 is 1. The van der Waals surface area contributed by atoms with Crippen molar-refractivity contribution < 1.29 is 14.2 Å². The highest BCUT2D eigenvalue weighted by Crippen LogP contribution is 2.28. The summed E-state index contributed by atoms with van der Waals surface area (Å²) in [5.74, 6) is 2.33. The molecule has 0 aromatic heterocycles. The molecule has 0 unspecified atom stereocenters. The van der Waals surface area contributed by atoms with Crippen LogP contribution in [-0.4, -0.2) is 46.0 Å². The van der Waals surface area contributed by atoms with E-state index in [9.17, 15) is 0 Å².